The molecule has 6 heteroatoms. The van der Waals surface area contributed by atoms with Gasteiger partial charge in [0.25, 0.3) is 11.8 Å². The van der Waals surface area contributed by atoms with Crippen LogP contribution in [0.5, 0.6) is 0 Å². The van der Waals surface area contributed by atoms with E-state index in [1.54, 1.807) is 48.5 Å². The highest BCUT2D eigenvalue weighted by atomic mass is 16.2. The van der Waals surface area contributed by atoms with Gasteiger partial charge in [0, 0.05) is 29.3 Å². The van der Waals surface area contributed by atoms with Gasteiger partial charge in [0.2, 0.25) is 0 Å². The minimum Gasteiger partial charge on any atom is -0.398 e. The van der Waals surface area contributed by atoms with Crippen molar-refractivity contribution in [2.24, 2.45) is 0 Å². The van der Waals surface area contributed by atoms with Crippen molar-refractivity contribution in [3.05, 3.63) is 95.7 Å². The third kappa shape index (κ3) is 4.03. The monoisotopic (exact) mass is 398 g/mol. The molecule has 1 aromatic heterocycles. The van der Waals surface area contributed by atoms with Crippen molar-refractivity contribution in [1.82, 2.24) is 10.3 Å². The lowest BCUT2D eigenvalue weighted by molar-refractivity contribution is 0.0955. The molecule has 150 valence electrons. The number of para-hydroxylation sites is 3. The van der Waals surface area contributed by atoms with Crippen LogP contribution in [-0.4, -0.2) is 23.3 Å². The molecule has 5 N–H and O–H groups in total. The number of hydrogen-bond acceptors (Lipinski definition) is 3. The minimum atomic E-state index is -0.354. The second kappa shape index (κ2) is 8.53. The first-order valence-electron chi connectivity index (χ1n) is 9.71. The van der Waals surface area contributed by atoms with Gasteiger partial charge in [-0.05, 0) is 42.3 Å². The van der Waals surface area contributed by atoms with Gasteiger partial charge in [-0.3, -0.25) is 9.59 Å². The van der Waals surface area contributed by atoms with Crippen molar-refractivity contribution < 1.29 is 9.59 Å². The predicted octanol–water partition coefficient (Wildman–Crippen LogP) is 3.97. The summed E-state index contributed by atoms with van der Waals surface area (Å²) in [6, 6.07) is 21.8. The Morgan fingerprint density at radius 2 is 1.53 bits per heavy atom. The molecule has 0 saturated carbocycles. The van der Waals surface area contributed by atoms with Gasteiger partial charge >= 0.3 is 0 Å². The zero-order valence-corrected chi connectivity index (χ0v) is 16.3. The van der Waals surface area contributed by atoms with Crippen LogP contribution in [0, 0.1) is 0 Å². The van der Waals surface area contributed by atoms with Crippen LogP contribution < -0.4 is 16.4 Å². The van der Waals surface area contributed by atoms with E-state index in [1.165, 1.54) is 0 Å². The Balaban J connectivity index is 1.43. The summed E-state index contributed by atoms with van der Waals surface area (Å²) >= 11 is 0. The Morgan fingerprint density at radius 3 is 2.37 bits per heavy atom. The summed E-state index contributed by atoms with van der Waals surface area (Å²) in [5.74, 6) is -0.598. The van der Waals surface area contributed by atoms with Crippen molar-refractivity contribution in [2.45, 2.75) is 6.42 Å². The van der Waals surface area contributed by atoms with E-state index in [4.69, 9.17) is 5.73 Å². The van der Waals surface area contributed by atoms with Crippen molar-refractivity contribution in [2.75, 3.05) is 17.6 Å². The molecule has 0 saturated heterocycles. The minimum absolute atomic E-state index is 0.244. The largest absolute Gasteiger partial charge is 0.398 e. The van der Waals surface area contributed by atoms with Crippen molar-refractivity contribution >= 4 is 34.1 Å². The number of anilines is 2. The first kappa shape index (κ1) is 19.3. The fourth-order valence-electron chi connectivity index (χ4n) is 3.43. The van der Waals surface area contributed by atoms with Gasteiger partial charge in [-0.15, -0.1) is 0 Å². The topological polar surface area (TPSA) is 100 Å². The Kier molecular flexibility index (Phi) is 5.48. The number of amides is 2. The standard InChI is InChI=1S/C24H22N4O2/c25-20-10-4-1-8-18(20)24(30)28-22-12-6-3-9-19(22)23(29)26-14-13-16-15-27-21-11-5-2-7-17(16)21/h1-12,15,27H,13-14,25H2,(H,26,29)(H,28,30). The number of aromatic nitrogens is 1. The summed E-state index contributed by atoms with van der Waals surface area (Å²) in [6.07, 6.45) is 2.67. The van der Waals surface area contributed by atoms with Crippen LogP contribution in [0.25, 0.3) is 10.9 Å². The van der Waals surface area contributed by atoms with Crippen LogP contribution in [0.4, 0.5) is 11.4 Å². The van der Waals surface area contributed by atoms with Gasteiger partial charge in [-0.1, -0.05) is 42.5 Å². The van der Waals surface area contributed by atoms with E-state index in [2.05, 4.69) is 21.7 Å². The number of rotatable bonds is 6. The maximum atomic E-state index is 12.7. The molecule has 0 aliphatic heterocycles. The fraction of sp³-hybridized carbons (Fsp3) is 0.0833. The van der Waals surface area contributed by atoms with Gasteiger partial charge in [0.1, 0.15) is 0 Å². The number of benzene rings is 3. The first-order valence-corrected chi connectivity index (χ1v) is 9.71. The van der Waals surface area contributed by atoms with Crippen molar-refractivity contribution in [3.8, 4) is 0 Å². The van der Waals surface area contributed by atoms with Gasteiger partial charge in [0.05, 0.1) is 16.8 Å². The van der Waals surface area contributed by atoms with E-state index in [-0.39, 0.29) is 11.8 Å². The van der Waals surface area contributed by atoms with Crippen LogP contribution in [0.3, 0.4) is 0 Å². The van der Waals surface area contributed by atoms with E-state index in [0.717, 1.165) is 16.5 Å². The highest BCUT2D eigenvalue weighted by Gasteiger charge is 2.15. The summed E-state index contributed by atoms with van der Waals surface area (Å²) in [5, 5.41) is 6.88. The molecule has 0 atom stereocenters. The molecule has 0 aliphatic carbocycles. The second-order valence-electron chi connectivity index (χ2n) is 6.95. The number of nitrogens with one attached hydrogen (secondary N) is 3. The third-order valence-electron chi connectivity index (χ3n) is 4.98. The van der Waals surface area contributed by atoms with Crippen LogP contribution in [-0.2, 0) is 6.42 Å². The molecule has 0 radical (unpaired) electrons. The SMILES string of the molecule is Nc1ccccc1C(=O)Nc1ccccc1C(=O)NCCc1c[nH]c2ccccc12. The second-order valence-corrected chi connectivity index (χ2v) is 6.95. The molecule has 4 aromatic rings. The molecule has 30 heavy (non-hydrogen) atoms. The van der Waals surface area contributed by atoms with Crippen LogP contribution in [0.1, 0.15) is 26.3 Å². The van der Waals surface area contributed by atoms with E-state index in [9.17, 15) is 9.59 Å². The van der Waals surface area contributed by atoms with Crippen molar-refractivity contribution in [1.29, 1.82) is 0 Å². The lowest BCUT2D eigenvalue weighted by atomic mass is 10.1. The molecule has 1 heterocycles. The van der Waals surface area contributed by atoms with E-state index in [0.29, 0.717) is 35.5 Å². The van der Waals surface area contributed by atoms with Gasteiger partial charge < -0.3 is 21.4 Å². The predicted molar refractivity (Wildman–Crippen MR) is 120 cm³/mol. The van der Waals surface area contributed by atoms with E-state index in [1.807, 2.05) is 24.4 Å². The molecule has 0 spiro atoms. The smallest absolute Gasteiger partial charge is 0.257 e. The molecular weight excluding hydrogens is 376 g/mol. The molecular formula is C24H22N4O2. The van der Waals surface area contributed by atoms with E-state index >= 15 is 0 Å². The lowest BCUT2D eigenvalue weighted by Crippen LogP contribution is -2.27. The lowest BCUT2D eigenvalue weighted by Gasteiger charge is -2.12. The molecule has 0 fully saturated rings. The molecule has 2 amide bonds. The van der Waals surface area contributed by atoms with Crippen LogP contribution in [0.15, 0.2) is 79.0 Å². The maximum absolute atomic E-state index is 12.7. The normalized spacial score (nSPS) is 10.7. The molecule has 4 rings (SSSR count). The number of carbonyl (C=O) groups excluding carboxylic acids is 2. The Labute approximate surface area is 174 Å². The molecule has 3 aromatic carbocycles. The Hall–Kier alpha value is -4.06. The Morgan fingerprint density at radius 1 is 0.833 bits per heavy atom. The van der Waals surface area contributed by atoms with Crippen LogP contribution >= 0.6 is 0 Å². The third-order valence-corrected chi connectivity index (χ3v) is 4.98. The zero-order chi connectivity index (χ0) is 20.9. The average Bonchev–Trinajstić information content (AvgIpc) is 3.17. The molecule has 0 unspecified atom stereocenters. The number of nitrogen functional groups attached to an aromatic ring is 1. The summed E-state index contributed by atoms with van der Waals surface area (Å²) in [4.78, 5) is 28.6. The summed E-state index contributed by atoms with van der Waals surface area (Å²) in [6.45, 7) is 0.481. The quantitative estimate of drug-likeness (QED) is 0.370. The number of aromatic amines is 1. The summed E-state index contributed by atoms with van der Waals surface area (Å²) < 4.78 is 0. The van der Waals surface area contributed by atoms with Gasteiger partial charge in [0.15, 0.2) is 0 Å². The molecule has 0 bridgehead atoms. The fourth-order valence-corrected chi connectivity index (χ4v) is 3.43. The van der Waals surface area contributed by atoms with Crippen molar-refractivity contribution in [3.63, 3.8) is 0 Å². The number of nitrogens with two attached hydrogens (primary N) is 1. The summed E-state index contributed by atoms with van der Waals surface area (Å²) in [5.41, 5.74) is 9.70. The van der Waals surface area contributed by atoms with E-state index < -0.39 is 0 Å². The van der Waals surface area contributed by atoms with Gasteiger partial charge in [-0.25, -0.2) is 0 Å². The maximum Gasteiger partial charge on any atom is 0.257 e. The first-order chi connectivity index (χ1) is 14.6. The summed E-state index contributed by atoms with van der Waals surface area (Å²) in [7, 11) is 0. The number of fused-ring (bicyclic) bond motifs is 1. The average molecular weight is 398 g/mol. The molecule has 0 aliphatic rings. The highest BCUT2D eigenvalue weighted by molar-refractivity contribution is 6.11. The number of carbonyl (C=O) groups is 2. The zero-order valence-electron chi connectivity index (χ0n) is 16.3. The highest BCUT2D eigenvalue weighted by Crippen LogP contribution is 2.20. The number of H-pyrrole nitrogens is 1. The molecule has 6 nitrogen and oxygen atoms in total. The number of hydrogen-bond donors (Lipinski definition) is 4. The Bertz CT molecular complexity index is 1210. The van der Waals surface area contributed by atoms with Crippen LogP contribution in [0.2, 0.25) is 0 Å². The van der Waals surface area contributed by atoms with Gasteiger partial charge in [-0.2, -0.15) is 0 Å².